The summed E-state index contributed by atoms with van der Waals surface area (Å²) in [5.41, 5.74) is 3.13. The highest BCUT2D eigenvalue weighted by Gasteiger charge is 2.37. The average Bonchev–Trinajstić information content (AvgIpc) is 2.95. The van der Waals surface area contributed by atoms with Gasteiger partial charge in [0.05, 0.1) is 12.1 Å². The molecule has 6 heteroatoms. The monoisotopic (exact) mass is 398 g/mol. The number of hydrogen-bond acceptors (Lipinski definition) is 3. The van der Waals surface area contributed by atoms with Gasteiger partial charge in [-0.3, -0.25) is 9.69 Å². The Morgan fingerprint density at radius 3 is 2.44 bits per heavy atom. The standard InChI is InChI=1S/C21H16Cl2N2O2/c1-27-19-11-8-14(12-18(19)23)24-20-16-4-2-3-5-17(16)21(26)25(20)15-9-6-13(22)7-10-15/h2-12,20,24H,1H3/t20-/m0/s1. The van der Waals surface area contributed by atoms with Gasteiger partial charge in [0, 0.05) is 27.5 Å². The highest BCUT2D eigenvalue weighted by Crippen LogP contribution is 2.39. The van der Waals surface area contributed by atoms with E-state index in [1.165, 1.54) is 0 Å². The minimum absolute atomic E-state index is 0.0648. The van der Waals surface area contributed by atoms with Gasteiger partial charge in [0.25, 0.3) is 5.91 Å². The minimum atomic E-state index is -0.362. The van der Waals surface area contributed by atoms with E-state index in [1.807, 2.05) is 42.5 Å². The number of rotatable bonds is 4. The zero-order valence-corrected chi connectivity index (χ0v) is 16.0. The third-order valence-electron chi connectivity index (χ3n) is 4.52. The summed E-state index contributed by atoms with van der Waals surface area (Å²) >= 11 is 12.3. The van der Waals surface area contributed by atoms with Gasteiger partial charge in [-0.1, -0.05) is 41.4 Å². The number of halogens is 2. The Hall–Kier alpha value is -2.69. The number of carbonyl (C=O) groups is 1. The molecule has 27 heavy (non-hydrogen) atoms. The molecule has 1 aliphatic rings. The summed E-state index contributed by atoms with van der Waals surface area (Å²) in [5, 5.41) is 4.53. The molecule has 0 bridgehead atoms. The fourth-order valence-electron chi connectivity index (χ4n) is 3.24. The van der Waals surface area contributed by atoms with Crippen molar-refractivity contribution < 1.29 is 9.53 Å². The van der Waals surface area contributed by atoms with Crippen LogP contribution in [0.4, 0.5) is 11.4 Å². The molecule has 1 amide bonds. The van der Waals surface area contributed by atoms with Crippen LogP contribution in [0.15, 0.2) is 66.7 Å². The van der Waals surface area contributed by atoms with Crippen molar-refractivity contribution in [2.75, 3.05) is 17.3 Å². The van der Waals surface area contributed by atoms with E-state index in [9.17, 15) is 4.79 Å². The van der Waals surface area contributed by atoms with Gasteiger partial charge in [-0.05, 0) is 48.5 Å². The Morgan fingerprint density at radius 1 is 1.00 bits per heavy atom. The molecular formula is C21H16Cl2N2O2. The summed E-state index contributed by atoms with van der Waals surface area (Å²) < 4.78 is 5.21. The van der Waals surface area contributed by atoms with Gasteiger partial charge in [0.1, 0.15) is 11.9 Å². The molecule has 4 nitrogen and oxygen atoms in total. The number of anilines is 2. The van der Waals surface area contributed by atoms with Crippen LogP contribution in [0.2, 0.25) is 10.0 Å². The maximum absolute atomic E-state index is 13.1. The number of nitrogens with one attached hydrogen (secondary N) is 1. The molecule has 0 saturated carbocycles. The van der Waals surface area contributed by atoms with E-state index in [-0.39, 0.29) is 12.1 Å². The number of carbonyl (C=O) groups excluding carboxylic acids is 1. The zero-order valence-electron chi connectivity index (χ0n) is 14.4. The second-order valence-corrected chi connectivity index (χ2v) is 6.98. The SMILES string of the molecule is COc1ccc(N[C@@H]2c3ccccc3C(=O)N2c2ccc(Cl)cc2)cc1Cl. The molecule has 0 radical (unpaired) electrons. The van der Waals surface area contributed by atoms with Crippen LogP contribution < -0.4 is 15.0 Å². The molecule has 4 rings (SSSR count). The fourth-order valence-corrected chi connectivity index (χ4v) is 3.62. The first-order valence-corrected chi connectivity index (χ1v) is 9.12. The summed E-state index contributed by atoms with van der Waals surface area (Å²) in [5.74, 6) is 0.532. The lowest BCUT2D eigenvalue weighted by Gasteiger charge is -2.27. The second kappa shape index (κ2) is 7.14. The first kappa shape index (κ1) is 17.7. The van der Waals surface area contributed by atoms with Crippen molar-refractivity contribution >= 4 is 40.5 Å². The highest BCUT2D eigenvalue weighted by molar-refractivity contribution is 6.32. The molecule has 0 fully saturated rings. The van der Waals surface area contributed by atoms with Crippen LogP contribution in [0.5, 0.6) is 5.75 Å². The van der Waals surface area contributed by atoms with E-state index in [2.05, 4.69) is 5.32 Å². The van der Waals surface area contributed by atoms with Crippen LogP contribution in [-0.2, 0) is 0 Å². The van der Waals surface area contributed by atoms with Crippen LogP contribution in [0.25, 0.3) is 0 Å². The van der Waals surface area contributed by atoms with E-state index < -0.39 is 0 Å². The molecule has 0 saturated heterocycles. The summed E-state index contributed by atoms with van der Waals surface area (Å²) in [4.78, 5) is 14.8. The van der Waals surface area contributed by atoms with Gasteiger partial charge in [-0.2, -0.15) is 0 Å². The molecule has 0 spiro atoms. The van der Waals surface area contributed by atoms with Gasteiger partial charge < -0.3 is 10.1 Å². The van der Waals surface area contributed by atoms with Crippen molar-refractivity contribution in [3.63, 3.8) is 0 Å². The molecule has 3 aromatic carbocycles. The number of amides is 1. The van der Waals surface area contributed by atoms with Crippen LogP contribution in [-0.4, -0.2) is 13.0 Å². The Balaban J connectivity index is 1.75. The molecule has 1 heterocycles. The Bertz CT molecular complexity index is 1010. The predicted molar refractivity (Wildman–Crippen MR) is 109 cm³/mol. The van der Waals surface area contributed by atoms with Crippen molar-refractivity contribution in [1.29, 1.82) is 0 Å². The van der Waals surface area contributed by atoms with Crippen LogP contribution in [0.1, 0.15) is 22.1 Å². The van der Waals surface area contributed by atoms with E-state index in [0.717, 1.165) is 16.9 Å². The number of fused-ring (bicyclic) bond motifs is 1. The van der Waals surface area contributed by atoms with Crippen molar-refractivity contribution in [2.24, 2.45) is 0 Å². The zero-order chi connectivity index (χ0) is 19.0. The molecule has 0 aromatic heterocycles. The predicted octanol–water partition coefficient (Wildman–Crippen LogP) is 5.77. The number of nitrogens with zero attached hydrogens (tertiary/aromatic N) is 1. The summed E-state index contributed by atoms with van der Waals surface area (Å²) in [7, 11) is 1.57. The maximum Gasteiger partial charge on any atom is 0.260 e. The highest BCUT2D eigenvalue weighted by atomic mass is 35.5. The minimum Gasteiger partial charge on any atom is -0.495 e. The molecule has 0 aliphatic carbocycles. The van der Waals surface area contributed by atoms with Crippen LogP contribution in [0.3, 0.4) is 0 Å². The van der Waals surface area contributed by atoms with Crippen LogP contribution >= 0.6 is 23.2 Å². The molecule has 1 atom stereocenters. The Labute approximate surface area is 167 Å². The lowest BCUT2D eigenvalue weighted by atomic mass is 10.1. The van der Waals surface area contributed by atoms with Crippen molar-refractivity contribution in [2.45, 2.75) is 6.17 Å². The summed E-state index contributed by atoms with van der Waals surface area (Å²) in [6.07, 6.45) is -0.362. The van der Waals surface area contributed by atoms with E-state index in [4.69, 9.17) is 27.9 Å². The normalized spacial score (nSPS) is 15.6. The molecule has 0 unspecified atom stereocenters. The Kier molecular flexibility index (Phi) is 4.68. The van der Waals surface area contributed by atoms with Gasteiger partial charge in [0.2, 0.25) is 0 Å². The molecular weight excluding hydrogens is 383 g/mol. The first-order valence-electron chi connectivity index (χ1n) is 8.36. The second-order valence-electron chi connectivity index (χ2n) is 6.14. The number of methoxy groups -OCH3 is 1. The maximum atomic E-state index is 13.1. The van der Waals surface area contributed by atoms with Crippen molar-refractivity contribution in [3.8, 4) is 5.75 Å². The van der Waals surface area contributed by atoms with E-state index >= 15 is 0 Å². The van der Waals surface area contributed by atoms with E-state index in [1.54, 1.807) is 36.3 Å². The van der Waals surface area contributed by atoms with E-state index in [0.29, 0.717) is 21.4 Å². The third kappa shape index (κ3) is 3.22. The fraction of sp³-hybridized carbons (Fsp3) is 0.0952. The average molecular weight is 399 g/mol. The first-order chi connectivity index (χ1) is 13.1. The van der Waals surface area contributed by atoms with Gasteiger partial charge >= 0.3 is 0 Å². The quantitative estimate of drug-likeness (QED) is 0.605. The third-order valence-corrected chi connectivity index (χ3v) is 5.07. The largest absolute Gasteiger partial charge is 0.495 e. The van der Waals surface area contributed by atoms with Crippen LogP contribution in [0, 0.1) is 0 Å². The summed E-state index contributed by atoms with van der Waals surface area (Å²) in [6.45, 7) is 0. The number of hydrogen-bond donors (Lipinski definition) is 1. The number of benzene rings is 3. The van der Waals surface area contributed by atoms with Crippen molar-refractivity contribution in [3.05, 3.63) is 87.9 Å². The smallest absolute Gasteiger partial charge is 0.260 e. The lowest BCUT2D eigenvalue weighted by Crippen LogP contribution is -2.32. The molecule has 3 aromatic rings. The van der Waals surface area contributed by atoms with Gasteiger partial charge in [-0.15, -0.1) is 0 Å². The van der Waals surface area contributed by atoms with Gasteiger partial charge in [0.15, 0.2) is 0 Å². The summed E-state index contributed by atoms with van der Waals surface area (Å²) in [6, 6.07) is 20.2. The molecule has 1 N–H and O–H groups in total. The Morgan fingerprint density at radius 2 is 1.74 bits per heavy atom. The van der Waals surface area contributed by atoms with Gasteiger partial charge in [-0.25, -0.2) is 0 Å². The number of ether oxygens (including phenoxy) is 1. The molecule has 1 aliphatic heterocycles. The topological polar surface area (TPSA) is 41.6 Å². The molecule has 136 valence electrons. The lowest BCUT2D eigenvalue weighted by molar-refractivity contribution is 0.0993. The van der Waals surface area contributed by atoms with Crippen molar-refractivity contribution in [1.82, 2.24) is 0 Å².